The number of amides is 2. The van der Waals surface area contributed by atoms with Crippen molar-refractivity contribution >= 4 is 45.8 Å². The summed E-state index contributed by atoms with van der Waals surface area (Å²) < 4.78 is 0. The number of hydrogen-bond acceptors (Lipinski definition) is 8. The van der Waals surface area contributed by atoms with Crippen molar-refractivity contribution in [1.29, 1.82) is 0 Å². The fraction of sp³-hybridized carbons (Fsp3) is 0.500. The molecule has 1 aromatic rings. The van der Waals surface area contributed by atoms with Gasteiger partial charge in [0.05, 0.1) is 0 Å². The molecule has 3 rings (SSSR count). The number of anilines is 1. The number of nitrogens with zero attached hydrogens (tertiary/aromatic N) is 3. The second kappa shape index (κ2) is 6.92. The van der Waals surface area contributed by atoms with E-state index in [2.05, 4.69) is 22.4 Å². The first kappa shape index (κ1) is 18.7. The number of oxime groups is 1. The molecule has 0 radical (unpaired) electrons. The first-order valence-electron chi connectivity index (χ1n) is 8.13. The van der Waals surface area contributed by atoms with Gasteiger partial charge in [-0.3, -0.25) is 14.5 Å². The van der Waals surface area contributed by atoms with Gasteiger partial charge in [0.15, 0.2) is 10.8 Å². The molecule has 0 aromatic carbocycles. The molecule has 0 saturated carbocycles. The fourth-order valence-electron chi connectivity index (χ4n) is 3.23. The van der Waals surface area contributed by atoms with Gasteiger partial charge in [0.2, 0.25) is 0 Å². The van der Waals surface area contributed by atoms with Crippen molar-refractivity contribution in [2.45, 2.75) is 38.1 Å². The van der Waals surface area contributed by atoms with Crippen molar-refractivity contribution in [1.82, 2.24) is 15.2 Å². The van der Waals surface area contributed by atoms with Gasteiger partial charge in [-0.25, -0.2) is 4.98 Å². The summed E-state index contributed by atoms with van der Waals surface area (Å²) in [4.78, 5) is 35.5. The number of allylic oxidation sites excluding steroid dienone is 1. The number of aromatic nitrogens is 1. The van der Waals surface area contributed by atoms with E-state index in [0.29, 0.717) is 10.8 Å². The van der Waals surface area contributed by atoms with Crippen molar-refractivity contribution in [3.8, 4) is 0 Å². The van der Waals surface area contributed by atoms with Gasteiger partial charge >= 0.3 is 0 Å². The number of nitrogen functional groups attached to an aromatic ring is 1. The van der Waals surface area contributed by atoms with Gasteiger partial charge in [-0.2, -0.15) is 0 Å². The molecule has 0 spiro atoms. The van der Waals surface area contributed by atoms with E-state index < -0.39 is 16.8 Å². The zero-order valence-electron chi connectivity index (χ0n) is 15.0. The normalized spacial score (nSPS) is 25.7. The molecule has 0 aliphatic carbocycles. The Morgan fingerprint density at radius 2 is 2.35 bits per heavy atom. The number of carbonyl (C=O) groups is 2. The van der Waals surface area contributed by atoms with Crippen LogP contribution in [0.25, 0.3) is 0 Å². The van der Waals surface area contributed by atoms with E-state index in [9.17, 15) is 9.59 Å². The largest absolute Gasteiger partial charge is 0.398 e. The number of thioether (sulfide) groups is 1. The summed E-state index contributed by atoms with van der Waals surface area (Å²) in [6.45, 7) is 6.01. The second-order valence-corrected chi connectivity index (χ2v) is 8.45. The fourth-order valence-corrected chi connectivity index (χ4v) is 5.34. The molecule has 0 bridgehead atoms. The second-order valence-electron chi connectivity index (χ2n) is 6.16. The molecule has 26 heavy (non-hydrogen) atoms. The van der Waals surface area contributed by atoms with E-state index in [-0.39, 0.29) is 11.6 Å². The number of thiazole rings is 1. The van der Waals surface area contributed by atoms with Gasteiger partial charge in [0.1, 0.15) is 23.7 Å². The lowest BCUT2D eigenvalue weighted by Gasteiger charge is -2.58. The van der Waals surface area contributed by atoms with E-state index in [1.54, 1.807) is 22.0 Å². The maximum absolute atomic E-state index is 12.7. The van der Waals surface area contributed by atoms with Gasteiger partial charge in [-0.15, -0.1) is 23.1 Å². The molecule has 0 unspecified atom stereocenters. The Balaban J connectivity index is 1.81. The van der Waals surface area contributed by atoms with Gasteiger partial charge < -0.3 is 15.9 Å². The molecule has 10 heteroatoms. The Morgan fingerprint density at radius 3 is 2.92 bits per heavy atom. The van der Waals surface area contributed by atoms with Crippen molar-refractivity contribution in [3.63, 3.8) is 0 Å². The number of nitrogens with two attached hydrogens (primary N) is 1. The highest BCUT2D eigenvalue weighted by Gasteiger charge is 2.60. The Hall–Kier alpha value is -2.07. The van der Waals surface area contributed by atoms with Crippen LogP contribution < -0.4 is 11.1 Å². The molecule has 8 nitrogen and oxygen atoms in total. The predicted octanol–water partition coefficient (Wildman–Crippen LogP) is 1.55. The molecule has 2 aliphatic heterocycles. The molecular formula is C16H21N5O3S2. The van der Waals surface area contributed by atoms with Crippen molar-refractivity contribution in [2.75, 3.05) is 18.6 Å². The van der Waals surface area contributed by atoms with Crippen molar-refractivity contribution in [2.24, 2.45) is 5.16 Å². The Labute approximate surface area is 159 Å². The van der Waals surface area contributed by atoms with Crippen LogP contribution in [0.15, 0.2) is 21.8 Å². The molecule has 1 aromatic heterocycles. The molecule has 2 aliphatic rings. The van der Waals surface area contributed by atoms with Crippen molar-refractivity contribution in [3.05, 3.63) is 22.3 Å². The number of β-lactam (4-membered cyclic amide) rings is 1. The van der Waals surface area contributed by atoms with Gasteiger partial charge in [-0.05, 0) is 25.8 Å². The Kier molecular flexibility index (Phi) is 4.98. The van der Waals surface area contributed by atoms with E-state index in [1.165, 1.54) is 24.0 Å². The lowest BCUT2D eigenvalue weighted by Crippen LogP contribution is -2.77. The Bertz CT molecular complexity index is 819. The summed E-state index contributed by atoms with van der Waals surface area (Å²) in [5.41, 5.74) is 8.20. The number of nitrogens with one attached hydrogen (secondary N) is 1. The molecule has 3 N–H and O–H groups in total. The summed E-state index contributed by atoms with van der Waals surface area (Å²) in [5.74, 6) is 0.210. The standard InChI is InChI=1S/C16H21N5O3S2/c1-5-9-6-26-16(3)12(14(23)21(16)8(9)2)19-13(22)11(20-24-4)10-7-25-15(17)18-10/h7,12H,5-6H2,1-4H3,(H2,17,18)(H,19,22)/b20-11-/t12-,16-/m1/s1. The van der Waals surface area contributed by atoms with Crippen LogP contribution in [0.3, 0.4) is 0 Å². The number of hydrogen-bond donors (Lipinski definition) is 2. The summed E-state index contributed by atoms with van der Waals surface area (Å²) in [5, 5.41) is 8.50. The molecule has 2 atom stereocenters. The van der Waals surface area contributed by atoms with Crippen LogP contribution in [0.5, 0.6) is 0 Å². The summed E-state index contributed by atoms with van der Waals surface area (Å²) in [7, 11) is 1.35. The topological polar surface area (TPSA) is 110 Å². The molecule has 140 valence electrons. The van der Waals surface area contributed by atoms with Crippen LogP contribution in [0, 0.1) is 0 Å². The smallest absolute Gasteiger partial charge is 0.276 e. The maximum atomic E-state index is 12.7. The third kappa shape index (κ3) is 2.86. The summed E-state index contributed by atoms with van der Waals surface area (Å²) in [6, 6.07) is -0.633. The summed E-state index contributed by atoms with van der Waals surface area (Å²) >= 11 is 2.86. The first-order valence-corrected chi connectivity index (χ1v) is 10.00. The Morgan fingerprint density at radius 1 is 1.62 bits per heavy atom. The maximum Gasteiger partial charge on any atom is 0.276 e. The van der Waals surface area contributed by atoms with Crippen LogP contribution in [-0.2, 0) is 14.4 Å². The molecular weight excluding hydrogens is 374 g/mol. The third-order valence-corrected chi connectivity index (χ3v) is 6.87. The van der Waals surface area contributed by atoms with Crippen LogP contribution in [0.1, 0.15) is 32.9 Å². The minimum Gasteiger partial charge on any atom is -0.398 e. The van der Waals surface area contributed by atoms with Gasteiger partial charge in [0.25, 0.3) is 11.8 Å². The minimum absolute atomic E-state index is 0.00220. The van der Waals surface area contributed by atoms with E-state index in [4.69, 9.17) is 10.6 Å². The number of carbonyl (C=O) groups excluding carboxylic acids is 2. The minimum atomic E-state index is -0.633. The number of fused-ring (bicyclic) bond motifs is 1. The molecule has 1 fully saturated rings. The van der Waals surface area contributed by atoms with Crippen LogP contribution in [0.4, 0.5) is 5.13 Å². The predicted molar refractivity (Wildman–Crippen MR) is 103 cm³/mol. The van der Waals surface area contributed by atoms with Crippen LogP contribution in [0.2, 0.25) is 0 Å². The monoisotopic (exact) mass is 395 g/mol. The molecule has 1 saturated heterocycles. The average Bonchev–Trinajstić information content (AvgIpc) is 3.03. The summed E-state index contributed by atoms with van der Waals surface area (Å²) in [6.07, 6.45) is 0.908. The lowest BCUT2D eigenvalue weighted by molar-refractivity contribution is -0.151. The van der Waals surface area contributed by atoms with E-state index in [0.717, 1.165) is 17.9 Å². The number of rotatable bonds is 5. The highest BCUT2D eigenvalue weighted by Crippen LogP contribution is 2.49. The highest BCUT2D eigenvalue weighted by molar-refractivity contribution is 8.01. The first-order chi connectivity index (χ1) is 12.3. The molecule has 2 amide bonds. The quantitative estimate of drug-likeness (QED) is 0.445. The average molecular weight is 396 g/mol. The van der Waals surface area contributed by atoms with Crippen molar-refractivity contribution < 1.29 is 14.4 Å². The lowest BCUT2D eigenvalue weighted by atomic mass is 9.92. The highest BCUT2D eigenvalue weighted by atomic mass is 32.2. The van der Waals surface area contributed by atoms with Crippen LogP contribution >= 0.6 is 23.1 Å². The third-order valence-electron chi connectivity index (χ3n) is 4.70. The van der Waals surface area contributed by atoms with E-state index in [1.807, 2.05) is 13.8 Å². The van der Waals surface area contributed by atoms with Gasteiger partial charge in [0, 0.05) is 16.8 Å². The van der Waals surface area contributed by atoms with E-state index >= 15 is 0 Å². The van der Waals surface area contributed by atoms with Gasteiger partial charge in [-0.1, -0.05) is 12.1 Å². The van der Waals surface area contributed by atoms with Crippen LogP contribution in [-0.4, -0.2) is 51.2 Å². The SMILES string of the molecule is CCC1=C(C)N2C(=O)[C@@H](NC(=O)/C(=N\OC)c3csc(N)n3)[C@@]2(C)SC1. The molecule has 3 heterocycles. The zero-order chi connectivity index (χ0) is 19.1. The zero-order valence-corrected chi connectivity index (χ0v) is 16.7.